The number of hydrogen-bond acceptors (Lipinski definition) is 6. The van der Waals surface area contributed by atoms with E-state index in [2.05, 4.69) is 29.2 Å². The van der Waals surface area contributed by atoms with E-state index in [1.165, 1.54) is 11.5 Å². The molecule has 0 saturated heterocycles. The summed E-state index contributed by atoms with van der Waals surface area (Å²) in [6.07, 6.45) is -0.759. The Morgan fingerprint density at radius 3 is 2.85 bits per heavy atom. The SMILES string of the molecule is C[Si](C)(C)CCOC(=O)Oc1c(Cl)ccc2snnc12. The normalized spacial score (nSPS) is 11.6. The fourth-order valence-electron chi connectivity index (χ4n) is 1.45. The van der Waals surface area contributed by atoms with Gasteiger partial charge in [-0.15, -0.1) is 5.10 Å². The molecule has 108 valence electrons. The predicted octanol–water partition coefficient (Wildman–Crippen LogP) is 4.20. The van der Waals surface area contributed by atoms with Gasteiger partial charge in [-0.25, -0.2) is 4.79 Å². The number of benzene rings is 1. The Hall–Kier alpha value is -1.18. The maximum atomic E-state index is 11.7. The molecule has 0 aliphatic rings. The molecule has 2 rings (SSSR count). The van der Waals surface area contributed by atoms with E-state index in [4.69, 9.17) is 21.1 Å². The number of hydrogen-bond donors (Lipinski definition) is 0. The van der Waals surface area contributed by atoms with E-state index in [1.54, 1.807) is 12.1 Å². The molecule has 20 heavy (non-hydrogen) atoms. The fraction of sp³-hybridized carbons (Fsp3) is 0.417. The van der Waals surface area contributed by atoms with Crippen LogP contribution in [0.25, 0.3) is 10.2 Å². The lowest BCUT2D eigenvalue weighted by molar-refractivity contribution is 0.104. The highest BCUT2D eigenvalue weighted by molar-refractivity contribution is 7.13. The van der Waals surface area contributed by atoms with Crippen LogP contribution in [0.1, 0.15) is 0 Å². The summed E-state index contributed by atoms with van der Waals surface area (Å²) in [5, 5.41) is 4.22. The third kappa shape index (κ3) is 3.91. The van der Waals surface area contributed by atoms with Crippen LogP contribution in [0.4, 0.5) is 4.79 Å². The van der Waals surface area contributed by atoms with Crippen molar-refractivity contribution in [2.24, 2.45) is 0 Å². The summed E-state index contributed by atoms with van der Waals surface area (Å²) in [6.45, 7) is 6.98. The summed E-state index contributed by atoms with van der Waals surface area (Å²) in [7, 11) is -1.24. The van der Waals surface area contributed by atoms with Crippen molar-refractivity contribution in [2.45, 2.75) is 25.7 Å². The van der Waals surface area contributed by atoms with Crippen molar-refractivity contribution in [2.75, 3.05) is 6.61 Å². The summed E-state index contributed by atoms with van der Waals surface area (Å²) >= 11 is 7.23. The lowest BCUT2D eigenvalue weighted by Gasteiger charge is -2.15. The highest BCUT2D eigenvalue weighted by Crippen LogP contribution is 2.33. The molecule has 0 saturated carbocycles. The molecule has 1 aromatic carbocycles. The van der Waals surface area contributed by atoms with Gasteiger partial charge in [0, 0.05) is 8.07 Å². The van der Waals surface area contributed by atoms with Crippen LogP contribution in [0.2, 0.25) is 30.7 Å². The van der Waals surface area contributed by atoms with E-state index in [0.29, 0.717) is 17.1 Å². The molecule has 1 heterocycles. The van der Waals surface area contributed by atoms with E-state index >= 15 is 0 Å². The fourth-order valence-corrected chi connectivity index (χ4v) is 2.92. The van der Waals surface area contributed by atoms with Crippen molar-refractivity contribution >= 4 is 47.6 Å². The molecular weight excluding hydrogens is 316 g/mol. The van der Waals surface area contributed by atoms with Gasteiger partial charge in [0.25, 0.3) is 0 Å². The molecule has 0 N–H and O–H groups in total. The first kappa shape index (κ1) is 15.2. The van der Waals surface area contributed by atoms with Crippen molar-refractivity contribution in [3.05, 3.63) is 17.2 Å². The van der Waals surface area contributed by atoms with E-state index in [1.807, 2.05) is 0 Å². The molecule has 5 nitrogen and oxygen atoms in total. The Morgan fingerprint density at radius 1 is 1.40 bits per heavy atom. The average Bonchev–Trinajstić information content (AvgIpc) is 2.79. The number of aromatic nitrogens is 2. The van der Waals surface area contributed by atoms with Crippen LogP contribution in [-0.2, 0) is 4.74 Å². The van der Waals surface area contributed by atoms with Gasteiger partial charge in [0.15, 0.2) is 5.75 Å². The van der Waals surface area contributed by atoms with E-state index in [-0.39, 0.29) is 5.75 Å². The van der Waals surface area contributed by atoms with Gasteiger partial charge >= 0.3 is 6.16 Å². The van der Waals surface area contributed by atoms with Crippen molar-refractivity contribution in [1.82, 2.24) is 9.59 Å². The zero-order chi connectivity index (χ0) is 14.8. The Morgan fingerprint density at radius 2 is 2.15 bits per heavy atom. The second-order valence-corrected chi connectivity index (χ2v) is 12.3. The van der Waals surface area contributed by atoms with Crippen LogP contribution in [0, 0.1) is 0 Å². The van der Waals surface area contributed by atoms with Crippen LogP contribution >= 0.6 is 23.1 Å². The summed E-state index contributed by atoms with van der Waals surface area (Å²) in [4.78, 5) is 11.7. The first-order chi connectivity index (χ1) is 9.37. The summed E-state index contributed by atoms with van der Waals surface area (Å²) < 4.78 is 14.8. The largest absolute Gasteiger partial charge is 0.513 e. The van der Waals surface area contributed by atoms with E-state index < -0.39 is 14.2 Å². The Bertz CT molecular complexity index is 627. The third-order valence-electron chi connectivity index (χ3n) is 2.58. The predicted molar refractivity (Wildman–Crippen MR) is 82.6 cm³/mol. The Kier molecular flexibility index (Phi) is 4.61. The number of rotatable bonds is 4. The molecule has 0 atom stereocenters. The van der Waals surface area contributed by atoms with Crippen molar-refractivity contribution in [1.29, 1.82) is 0 Å². The van der Waals surface area contributed by atoms with Crippen LogP contribution < -0.4 is 4.74 Å². The standard InChI is InChI=1S/C12H15ClN2O3SSi/c1-20(2,3)7-6-17-12(16)18-11-8(13)4-5-9-10(11)14-15-19-9/h4-5H,6-7H2,1-3H3. The topological polar surface area (TPSA) is 61.3 Å². The number of fused-ring (bicyclic) bond motifs is 1. The second kappa shape index (κ2) is 6.07. The summed E-state index contributed by atoms with van der Waals surface area (Å²) in [5.74, 6) is 0.205. The third-order valence-corrected chi connectivity index (χ3v) is 5.27. The Balaban J connectivity index is 2.03. The lowest BCUT2D eigenvalue weighted by atomic mass is 10.3. The highest BCUT2D eigenvalue weighted by atomic mass is 35.5. The molecule has 0 fully saturated rings. The summed E-state index contributed by atoms with van der Waals surface area (Å²) in [5.41, 5.74) is 0.477. The number of nitrogens with zero attached hydrogens (tertiary/aromatic N) is 2. The van der Waals surface area contributed by atoms with Crippen molar-refractivity contribution in [3.8, 4) is 5.75 Å². The van der Waals surface area contributed by atoms with Gasteiger partial charge in [0.05, 0.1) is 16.3 Å². The van der Waals surface area contributed by atoms with Gasteiger partial charge in [-0.2, -0.15) is 0 Å². The van der Waals surface area contributed by atoms with Gasteiger partial charge in [0.2, 0.25) is 0 Å². The monoisotopic (exact) mass is 330 g/mol. The van der Waals surface area contributed by atoms with E-state index in [9.17, 15) is 4.79 Å². The van der Waals surface area contributed by atoms with Gasteiger partial charge in [0.1, 0.15) is 5.52 Å². The molecule has 0 unspecified atom stereocenters. The smallest absolute Gasteiger partial charge is 0.434 e. The van der Waals surface area contributed by atoms with Crippen LogP contribution in [0.3, 0.4) is 0 Å². The molecule has 2 aromatic rings. The quantitative estimate of drug-likeness (QED) is 0.477. The minimum absolute atomic E-state index is 0.205. The van der Waals surface area contributed by atoms with Gasteiger partial charge < -0.3 is 9.47 Å². The summed E-state index contributed by atoms with van der Waals surface area (Å²) in [6, 6.07) is 4.32. The van der Waals surface area contributed by atoms with Gasteiger partial charge in [-0.1, -0.05) is 35.7 Å². The van der Waals surface area contributed by atoms with E-state index in [0.717, 1.165) is 10.7 Å². The minimum atomic E-state index is -1.24. The molecule has 0 aliphatic heterocycles. The first-order valence-corrected chi connectivity index (χ1v) is 11.0. The number of halogens is 1. The highest BCUT2D eigenvalue weighted by Gasteiger charge is 2.18. The number of carbonyl (C=O) groups is 1. The van der Waals surface area contributed by atoms with Crippen molar-refractivity contribution < 1.29 is 14.3 Å². The van der Waals surface area contributed by atoms with Gasteiger partial charge in [-0.05, 0) is 29.7 Å². The molecule has 1 aromatic heterocycles. The number of carbonyl (C=O) groups excluding carboxylic acids is 1. The minimum Gasteiger partial charge on any atom is -0.434 e. The Labute approximate surface area is 127 Å². The first-order valence-electron chi connectivity index (χ1n) is 6.12. The molecule has 0 aliphatic carbocycles. The van der Waals surface area contributed by atoms with Crippen LogP contribution in [-0.4, -0.2) is 30.4 Å². The van der Waals surface area contributed by atoms with Crippen LogP contribution in [0.15, 0.2) is 12.1 Å². The number of ether oxygens (including phenoxy) is 2. The zero-order valence-electron chi connectivity index (χ0n) is 11.5. The van der Waals surface area contributed by atoms with Crippen LogP contribution in [0.5, 0.6) is 5.75 Å². The lowest BCUT2D eigenvalue weighted by Crippen LogP contribution is -2.23. The molecule has 0 amide bonds. The van der Waals surface area contributed by atoms with Crippen molar-refractivity contribution in [3.63, 3.8) is 0 Å². The molecule has 0 bridgehead atoms. The van der Waals surface area contributed by atoms with Gasteiger partial charge in [-0.3, -0.25) is 0 Å². The maximum absolute atomic E-state index is 11.7. The molecule has 0 radical (unpaired) electrons. The molecule has 0 spiro atoms. The zero-order valence-corrected chi connectivity index (χ0v) is 14.0. The molecular formula is C12H15ClN2O3SSi. The molecule has 8 heteroatoms. The maximum Gasteiger partial charge on any atom is 0.513 e. The second-order valence-electron chi connectivity index (χ2n) is 5.51. The average molecular weight is 331 g/mol.